The lowest BCUT2D eigenvalue weighted by atomic mass is 10.1. The molecule has 1 unspecified atom stereocenters. The maximum atomic E-state index is 6.13. The van der Waals surface area contributed by atoms with Gasteiger partial charge in [0.25, 0.3) is 0 Å². The average Bonchev–Trinajstić information content (AvgIpc) is 2.79. The molecule has 0 aromatic carbocycles. The van der Waals surface area contributed by atoms with Crippen LogP contribution in [0.15, 0.2) is 35.1 Å². The zero-order valence-corrected chi connectivity index (χ0v) is 10.8. The van der Waals surface area contributed by atoms with Crippen LogP contribution in [0.3, 0.4) is 0 Å². The molecule has 0 radical (unpaired) electrons. The fourth-order valence-corrected chi connectivity index (χ4v) is 2.16. The van der Waals surface area contributed by atoms with Gasteiger partial charge in [0.1, 0.15) is 5.76 Å². The van der Waals surface area contributed by atoms with Crippen LogP contribution in [-0.2, 0) is 6.42 Å². The van der Waals surface area contributed by atoms with E-state index in [0.717, 1.165) is 11.5 Å². The smallest absolute Gasteiger partial charge is 0.105 e. The summed E-state index contributed by atoms with van der Waals surface area (Å²) in [6.07, 6.45) is 3.94. The zero-order chi connectivity index (χ0) is 12.3. The van der Waals surface area contributed by atoms with Crippen molar-refractivity contribution in [2.24, 2.45) is 0 Å². The van der Waals surface area contributed by atoms with Gasteiger partial charge in [0.15, 0.2) is 0 Å². The Labute approximate surface area is 110 Å². The van der Waals surface area contributed by atoms with Crippen molar-refractivity contribution in [3.05, 3.63) is 52.2 Å². The topological polar surface area (TPSA) is 38.1 Å². The third-order valence-electron chi connectivity index (χ3n) is 2.50. The number of hydrogen-bond donors (Lipinski definition) is 1. The van der Waals surface area contributed by atoms with Gasteiger partial charge in [-0.1, -0.05) is 23.2 Å². The highest BCUT2D eigenvalue weighted by molar-refractivity contribution is 6.34. The molecular weight excluding hydrogens is 259 g/mol. The second kappa shape index (κ2) is 5.54. The Morgan fingerprint density at radius 3 is 2.88 bits per heavy atom. The van der Waals surface area contributed by atoms with E-state index in [1.165, 1.54) is 0 Å². The largest absolute Gasteiger partial charge is 0.469 e. The molecule has 2 rings (SSSR count). The second-order valence-electron chi connectivity index (χ2n) is 3.65. The zero-order valence-electron chi connectivity index (χ0n) is 9.28. The van der Waals surface area contributed by atoms with E-state index in [9.17, 15) is 0 Å². The Hall–Kier alpha value is -1.03. The lowest BCUT2D eigenvalue weighted by Crippen LogP contribution is -2.20. The van der Waals surface area contributed by atoms with Gasteiger partial charge < -0.3 is 9.73 Å². The number of likely N-dealkylation sites (N-methyl/N-ethyl adjacent to an activating group) is 1. The minimum Gasteiger partial charge on any atom is -0.469 e. The number of aromatic nitrogens is 1. The van der Waals surface area contributed by atoms with Gasteiger partial charge in [0.2, 0.25) is 0 Å². The van der Waals surface area contributed by atoms with Gasteiger partial charge in [0.05, 0.1) is 28.0 Å². The van der Waals surface area contributed by atoms with Gasteiger partial charge in [0, 0.05) is 12.6 Å². The van der Waals surface area contributed by atoms with Crippen molar-refractivity contribution in [2.75, 3.05) is 7.05 Å². The fraction of sp³-hybridized carbons (Fsp3) is 0.250. The first-order chi connectivity index (χ1) is 8.20. The van der Waals surface area contributed by atoms with Crippen molar-refractivity contribution in [3.63, 3.8) is 0 Å². The van der Waals surface area contributed by atoms with E-state index in [1.807, 2.05) is 19.2 Å². The van der Waals surface area contributed by atoms with Crippen LogP contribution in [0.25, 0.3) is 0 Å². The van der Waals surface area contributed by atoms with Crippen LogP contribution in [0.2, 0.25) is 10.0 Å². The van der Waals surface area contributed by atoms with E-state index in [4.69, 9.17) is 27.6 Å². The van der Waals surface area contributed by atoms with E-state index < -0.39 is 0 Å². The summed E-state index contributed by atoms with van der Waals surface area (Å²) < 4.78 is 5.31. The highest BCUT2D eigenvalue weighted by Crippen LogP contribution is 2.26. The second-order valence-corrected chi connectivity index (χ2v) is 4.49. The molecule has 0 amide bonds. The average molecular weight is 271 g/mol. The lowest BCUT2D eigenvalue weighted by Gasteiger charge is -2.15. The van der Waals surface area contributed by atoms with Crippen LogP contribution in [0, 0.1) is 0 Å². The Morgan fingerprint density at radius 1 is 1.47 bits per heavy atom. The van der Waals surface area contributed by atoms with E-state index in [-0.39, 0.29) is 6.04 Å². The molecule has 0 aliphatic carbocycles. The number of rotatable bonds is 4. The van der Waals surface area contributed by atoms with Crippen molar-refractivity contribution in [2.45, 2.75) is 12.5 Å². The third-order valence-corrected chi connectivity index (χ3v) is 3.01. The van der Waals surface area contributed by atoms with E-state index in [0.29, 0.717) is 16.5 Å². The SMILES string of the molecule is CNC(Cc1ccco1)c1ncc(Cl)cc1Cl. The molecule has 0 saturated carbocycles. The van der Waals surface area contributed by atoms with Crippen molar-refractivity contribution in [3.8, 4) is 0 Å². The van der Waals surface area contributed by atoms with Crippen molar-refractivity contribution in [1.29, 1.82) is 0 Å². The molecule has 2 aromatic rings. The van der Waals surface area contributed by atoms with Gasteiger partial charge in [-0.2, -0.15) is 0 Å². The quantitative estimate of drug-likeness (QED) is 0.925. The third kappa shape index (κ3) is 3.00. The summed E-state index contributed by atoms with van der Waals surface area (Å²) in [7, 11) is 1.86. The molecule has 2 aromatic heterocycles. The Morgan fingerprint density at radius 2 is 2.29 bits per heavy atom. The van der Waals surface area contributed by atoms with Crippen LogP contribution in [0.4, 0.5) is 0 Å². The number of hydrogen-bond acceptors (Lipinski definition) is 3. The number of pyridine rings is 1. The molecule has 5 heteroatoms. The molecule has 0 saturated heterocycles. The number of nitrogens with one attached hydrogen (secondary N) is 1. The maximum Gasteiger partial charge on any atom is 0.105 e. The Balaban J connectivity index is 2.23. The number of halogens is 2. The van der Waals surface area contributed by atoms with Crippen LogP contribution in [0.1, 0.15) is 17.5 Å². The van der Waals surface area contributed by atoms with E-state index in [2.05, 4.69) is 10.3 Å². The Bertz CT molecular complexity index is 485. The molecule has 17 heavy (non-hydrogen) atoms. The number of nitrogens with zero attached hydrogens (tertiary/aromatic N) is 1. The van der Waals surface area contributed by atoms with Gasteiger partial charge in [-0.15, -0.1) is 0 Å². The summed E-state index contributed by atoms with van der Waals surface area (Å²) in [6, 6.07) is 5.48. The summed E-state index contributed by atoms with van der Waals surface area (Å²) in [4.78, 5) is 4.26. The Kier molecular flexibility index (Phi) is 4.05. The minimum absolute atomic E-state index is 0.00548. The lowest BCUT2D eigenvalue weighted by molar-refractivity contribution is 0.461. The molecule has 0 spiro atoms. The number of furan rings is 1. The maximum absolute atomic E-state index is 6.13. The van der Waals surface area contributed by atoms with Crippen LogP contribution >= 0.6 is 23.2 Å². The van der Waals surface area contributed by atoms with Crippen molar-refractivity contribution < 1.29 is 4.42 Å². The molecule has 0 bridgehead atoms. The molecule has 1 atom stereocenters. The van der Waals surface area contributed by atoms with E-state index >= 15 is 0 Å². The normalized spacial score (nSPS) is 12.6. The molecule has 0 aliphatic rings. The minimum atomic E-state index is 0.00548. The first-order valence-corrected chi connectivity index (χ1v) is 5.97. The summed E-state index contributed by atoms with van der Waals surface area (Å²) >= 11 is 11.9. The van der Waals surface area contributed by atoms with E-state index in [1.54, 1.807) is 18.5 Å². The molecule has 90 valence electrons. The molecule has 3 nitrogen and oxygen atoms in total. The summed E-state index contributed by atoms with van der Waals surface area (Å²) in [5.74, 6) is 0.886. The van der Waals surface area contributed by atoms with Crippen LogP contribution < -0.4 is 5.32 Å². The van der Waals surface area contributed by atoms with Gasteiger partial charge >= 0.3 is 0 Å². The van der Waals surface area contributed by atoms with Crippen LogP contribution in [-0.4, -0.2) is 12.0 Å². The first-order valence-electron chi connectivity index (χ1n) is 5.21. The molecule has 0 fully saturated rings. The standard InChI is InChI=1S/C12H12Cl2N2O/c1-15-11(6-9-3-2-4-17-9)12-10(14)5-8(13)7-16-12/h2-5,7,11,15H,6H2,1H3. The van der Waals surface area contributed by atoms with Crippen molar-refractivity contribution >= 4 is 23.2 Å². The predicted molar refractivity (Wildman–Crippen MR) is 68.5 cm³/mol. The molecule has 2 heterocycles. The molecule has 1 N–H and O–H groups in total. The van der Waals surface area contributed by atoms with Crippen molar-refractivity contribution in [1.82, 2.24) is 10.3 Å². The monoisotopic (exact) mass is 270 g/mol. The summed E-state index contributed by atoms with van der Waals surface area (Å²) in [5, 5.41) is 4.26. The first kappa shape index (κ1) is 12.4. The molecule has 0 aliphatic heterocycles. The van der Waals surface area contributed by atoms with Gasteiger partial charge in [-0.05, 0) is 25.2 Å². The predicted octanol–water partition coefficient (Wildman–Crippen LogP) is 3.48. The van der Waals surface area contributed by atoms with Gasteiger partial charge in [-0.25, -0.2) is 0 Å². The molecular formula is C12H12Cl2N2O. The summed E-state index contributed by atoms with van der Waals surface area (Å²) in [6.45, 7) is 0. The highest BCUT2D eigenvalue weighted by atomic mass is 35.5. The summed E-state index contributed by atoms with van der Waals surface area (Å²) in [5.41, 5.74) is 0.773. The van der Waals surface area contributed by atoms with Crippen LogP contribution in [0.5, 0.6) is 0 Å². The fourth-order valence-electron chi connectivity index (χ4n) is 1.65. The van der Waals surface area contributed by atoms with Gasteiger partial charge in [-0.3, -0.25) is 4.98 Å². The highest BCUT2D eigenvalue weighted by Gasteiger charge is 2.16.